The summed E-state index contributed by atoms with van der Waals surface area (Å²) in [7, 11) is -1.25. The fourth-order valence-corrected chi connectivity index (χ4v) is 3.47. The number of carbonyl (C=O) groups excluding carboxylic acids is 1. The van der Waals surface area contributed by atoms with Crippen LogP contribution in [0.3, 0.4) is 0 Å². The zero-order valence-corrected chi connectivity index (χ0v) is 13.6. The van der Waals surface area contributed by atoms with Crippen LogP contribution in [0.1, 0.15) is 17.3 Å². The van der Waals surface area contributed by atoms with Gasteiger partial charge in [0.05, 0.1) is 27.8 Å². The summed E-state index contributed by atoms with van der Waals surface area (Å²) in [6, 6.07) is 6.70. The minimum atomic E-state index is -4.23. The summed E-state index contributed by atoms with van der Waals surface area (Å²) in [5, 5.41) is 0. The molecule has 1 aromatic carbocycles. The van der Waals surface area contributed by atoms with Crippen molar-refractivity contribution in [2.45, 2.75) is 18.0 Å². The molecule has 0 N–H and O–H groups in total. The Balaban J connectivity index is 2.05. The van der Waals surface area contributed by atoms with Crippen molar-refractivity contribution in [3.8, 4) is 0 Å². The Morgan fingerprint density at radius 3 is 2.35 bits per heavy atom. The SMILES string of the molecule is CCS(=O)c1ccccc1C(=O)N1CCN(CC(F)(F)F)CC1. The van der Waals surface area contributed by atoms with Gasteiger partial charge in [-0.05, 0) is 12.1 Å². The third-order valence-electron chi connectivity index (χ3n) is 3.69. The quantitative estimate of drug-likeness (QED) is 0.837. The van der Waals surface area contributed by atoms with Crippen LogP contribution in [0, 0.1) is 0 Å². The molecule has 1 unspecified atom stereocenters. The van der Waals surface area contributed by atoms with E-state index in [1.165, 1.54) is 9.80 Å². The van der Waals surface area contributed by atoms with E-state index in [1.54, 1.807) is 31.2 Å². The number of hydrogen-bond acceptors (Lipinski definition) is 3. The molecule has 1 amide bonds. The second kappa shape index (κ2) is 7.44. The first-order valence-electron chi connectivity index (χ1n) is 7.37. The zero-order chi connectivity index (χ0) is 17.0. The third-order valence-corrected chi connectivity index (χ3v) is 5.06. The van der Waals surface area contributed by atoms with Crippen LogP contribution >= 0.6 is 0 Å². The second-order valence-electron chi connectivity index (χ2n) is 5.31. The number of nitrogens with zero attached hydrogens (tertiary/aromatic N) is 2. The van der Waals surface area contributed by atoms with Crippen LogP contribution in [-0.2, 0) is 10.8 Å². The standard InChI is InChI=1S/C15H19F3N2O2S/c1-2-23(22)13-6-4-3-5-12(13)14(21)20-9-7-19(8-10-20)11-15(16,17)18/h3-6H,2,7-11H2,1H3. The number of carbonyl (C=O) groups is 1. The largest absolute Gasteiger partial charge is 0.401 e. The monoisotopic (exact) mass is 348 g/mol. The van der Waals surface area contributed by atoms with E-state index in [0.29, 0.717) is 16.2 Å². The summed E-state index contributed by atoms with van der Waals surface area (Å²) in [6.45, 7) is 1.66. The Labute approximate surface area is 135 Å². The predicted octanol–water partition coefficient (Wildman–Crippen LogP) is 2.13. The van der Waals surface area contributed by atoms with E-state index in [2.05, 4.69) is 0 Å². The van der Waals surface area contributed by atoms with Gasteiger partial charge in [0.15, 0.2) is 0 Å². The van der Waals surface area contributed by atoms with E-state index in [9.17, 15) is 22.2 Å². The van der Waals surface area contributed by atoms with Crippen LogP contribution in [-0.4, -0.2) is 64.6 Å². The number of hydrogen-bond donors (Lipinski definition) is 0. The van der Waals surface area contributed by atoms with E-state index < -0.39 is 23.5 Å². The van der Waals surface area contributed by atoms with Gasteiger partial charge in [-0.1, -0.05) is 19.1 Å². The summed E-state index contributed by atoms with van der Waals surface area (Å²) in [5.41, 5.74) is 0.372. The highest BCUT2D eigenvalue weighted by Crippen LogP contribution is 2.20. The Morgan fingerprint density at radius 2 is 1.78 bits per heavy atom. The normalized spacial score (nSPS) is 18.0. The molecule has 0 saturated carbocycles. The maximum atomic E-state index is 12.6. The molecule has 128 valence electrons. The van der Waals surface area contributed by atoms with Crippen LogP contribution in [0.15, 0.2) is 29.2 Å². The van der Waals surface area contributed by atoms with Crippen molar-refractivity contribution in [1.82, 2.24) is 9.80 Å². The average Bonchev–Trinajstić information content (AvgIpc) is 2.52. The minimum Gasteiger partial charge on any atom is -0.336 e. The number of halogens is 3. The third kappa shape index (κ3) is 4.78. The van der Waals surface area contributed by atoms with Gasteiger partial charge in [0.1, 0.15) is 0 Å². The van der Waals surface area contributed by atoms with E-state index >= 15 is 0 Å². The molecule has 1 atom stereocenters. The molecule has 4 nitrogen and oxygen atoms in total. The summed E-state index contributed by atoms with van der Waals surface area (Å²) >= 11 is 0. The topological polar surface area (TPSA) is 40.6 Å². The molecule has 0 radical (unpaired) electrons. The molecule has 0 aromatic heterocycles. The van der Waals surface area contributed by atoms with Crippen LogP contribution in [0.5, 0.6) is 0 Å². The average molecular weight is 348 g/mol. The van der Waals surface area contributed by atoms with Gasteiger partial charge in [0.25, 0.3) is 5.91 Å². The number of alkyl halides is 3. The van der Waals surface area contributed by atoms with Gasteiger partial charge in [-0.2, -0.15) is 13.2 Å². The van der Waals surface area contributed by atoms with Crippen molar-refractivity contribution >= 4 is 16.7 Å². The Morgan fingerprint density at radius 1 is 1.17 bits per heavy atom. The molecule has 2 rings (SSSR count). The van der Waals surface area contributed by atoms with Gasteiger partial charge in [0, 0.05) is 31.9 Å². The molecule has 8 heteroatoms. The molecular weight excluding hydrogens is 329 g/mol. The molecule has 1 aliphatic rings. The molecule has 1 heterocycles. The molecule has 0 aliphatic carbocycles. The fourth-order valence-electron chi connectivity index (χ4n) is 2.53. The zero-order valence-electron chi connectivity index (χ0n) is 12.8. The molecular formula is C15H19F3N2O2S. The number of amides is 1. The smallest absolute Gasteiger partial charge is 0.336 e. The van der Waals surface area contributed by atoms with Crippen molar-refractivity contribution in [2.24, 2.45) is 0 Å². The summed E-state index contributed by atoms with van der Waals surface area (Å²) in [4.78, 5) is 15.9. The van der Waals surface area contributed by atoms with E-state index in [0.717, 1.165) is 0 Å². The van der Waals surface area contributed by atoms with Gasteiger partial charge >= 0.3 is 6.18 Å². The van der Waals surface area contributed by atoms with Crippen molar-refractivity contribution < 1.29 is 22.2 Å². The second-order valence-corrected chi connectivity index (χ2v) is 7.02. The Bertz CT molecular complexity index is 584. The lowest BCUT2D eigenvalue weighted by Gasteiger charge is -2.35. The molecule has 1 aliphatic heterocycles. The molecule has 1 fully saturated rings. The fraction of sp³-hybridized carbons (Fsp3) is 0.533. The van der Waals surface area contributed by atoms with Crippen molar-refractivity contribution in [3.05, 3.63) is 29.8 Å². The molecule has 0 bridgehead atoms. The summed E-state index contributed by atoms with van der Waals surface area (Å²) < 4.78 is 49.2. The Hall–Kier alpha value is -1.41. The maximum Gasteiger partial charge on any atom is 0.401 e. The van der Waals surface area contributed by atoms with Gasteiger partial charge in [-0.3, -0.25) is 13.9 Å². The minimum absolute atomic E-state index is 0.185. The first kappa shape index (κ1) is 17.9. The lowest BCUT2D eigenvalue weighted by Crippen LogP contribution is -2.51. The van der Waals surface area contributed by atoms with Gasteiger partial charge in [-0.25, -0.2) is 0 Å². The number of piperazine rings is 1. The van der Waals surface area contributed by atoms with Gasteiger partial charge < -0.3 is 4.90 Å². The Kier molecular flexibility index (Phi) is 5.80. The molecule has 23 heavy (non-hydrogen) atoms. The number of benzene rings is 1. The first-order valence-corrected chi connectivity index (χ1v) is 8.69. The summed E-state index contributed by atoms with van der Waals surface area (Å²) in [6.07, 6.45) is -4.23. The summed E-state index contributed by atoms with van der Waals surface area (Å²) in [5.74, 6) is 0.137. The lowest BCUT2D eigenvalue weighted by molar-refractivity contribution is -0.148. The van der Waals surface area contributed by atoms with Gasteiger partial charge in [0.2, 0.25) is 0 Å². The highest BCUT2D eigenvalue weighted by molar-refractivity contribution is 7.85. The maximum absolute atomic E-state index is 12.6. The number of rotatable bonds is 4. The van der Waals surface area contributed by atoms with Gasteiger partial charge in [-0.15, -0.1) is 0 Å². The van der Waals surface area contributed by atoms with Crippen LogP contribution in [0.25, 0.3) is 0 Å². The highest BCUT2D eigenvalue weighted by Gasteiger charge is 2.33. The molecule has 0 spiro atoms. The van der Waals surface area contributed by atoms with Crippen molar-refractivity contribution in [1.29, 1.82) is 0 Å². The highest BCUT2D eigenvalue weighted by atomic mass is 32.2. The first-order chi connectivity index (χ1) is 10.8. The van der Waals surface area contributed by atoms with E-state index in [4.69, 9.17) is 0 Å². The van der Waals surface area contributed by atoms with E-state index in [-0.39, 0.29) is 32.1 Å². The van der Waals surface area contributed by atoms with Crippen molar-refractivity contribution in [3.63, 3.8) is 0 Å². The van der Waals surface area contributed by atoms with E-state index in [1.807, 2.05) is 0 Å². The van der Waals surface area contributed by atoms with Crippen molar-refractivity contribution in [2.75, 3.05) is 38.5 Å². The molecule has 1 saturated heterocycles. The lowest BCUT2D eigenvalue weighted by atomic mass is 10.2. The molecule has 1 aromatic rings. The van der Waals surface area contributed by atoms with Crippen LogP contribution in [0.2, 0.25) is 0 Å². The van der Waals surface area contributed by atoms with Crippen LogP contribution in [0.4, 0.5) is 13.2 Å². The predicted molar refractivity (Wildman–Crippen MR) is 81.8 cm³/mol. The van der Waals surface area contributed by atoms with Crippen LogP contribution < -0.4 is 0 Å².